The number of morpholine rings is 1. The highest BCUT2D eigenvalue weighted by Crippen LogP contribution is 2.13. The number of halogens is 1. The first-order valence-electron chi connectivity index (χ1n) is 7.99. The molecule has 1 aromatic heterocycles. The van der Waals surface area contributed by atoms with Gasteiger partial charge in [-0.05, 0) is 30.3 Å². The second-order valence-corrected chi connectivity index (χ2v) is 5.55. The molecule has 0 unspecified atom stereocenters. The molecule has 7 nitrogen and oxygen atoms in total. The number of carbonyl (C=O) groups is 1. The van der Waals surface area contributed by atoms with Crippen molar-refractivity contribution in [1.29, 1.82) is 5.26 Å². The summed E-state index contributed by atoms with van der Waals surface area (Å²) >= 11 is 0. The SMILES string of the molecule is N#C/C(=C\c1cnc(N2CCOCC2)nc1)C(=O)Nc1ccc(F)cc1. The average Bonchev–Trinajstić information content (AvgIpc) is 2.69. The van der Waals surface area contributed by atoms with Crippen molar-refractivity contribution in [3.63, 3.8) is 0 Å². The maximum absolute atomic E-state index is 12.9. The largest absolute Gasteiger partial charge is 0.378 e. The molecule has 1 N–H and O–H groups in total. The first-order chi connectivity index (χ1) is 12.7. The first-order valence-corrected chi connectivity index (χ1v) is 7.99. The van der Waals surface area contributed by atoms with E-state index in [1.807, 2.05) is 11.0 Å². The normalized spacial score (nSPS) is 14.6. The van der Waals surface area contributed by atoms with Crippen molar-refractivity contribution < 1.29 is 13.9 Å². The highest BCUT2D eigenvalue weighted by atomic mass is 19.1. The predicted octanol–water partition coefficient (Wildman–Crippen LogP) is 2.00. The summed E-state index contributed by atoms with van der Waals surface area (Å²) < 4.78 is 18.2. The molecule has 1 aliphatic heterocycles. The minimum atomic E-state index is -0.587. The van der Waals surface area contributed by atoms with Crippen molar-refractivity contribution in [2.24, 2.45) is 0 Å². The zero-order valence-corrected chi connectivity index (χ0v) is 13.9. The molecular weight excluding hydrogens is 337 g/mol. The van der Waals surface area contributed by atoms with E-state index < -0.39 is 11.7 Å². The summed E-state index contributed by atoms with van der Waals surface area (Å²) in [6.45, 7) is 2.71. The number of nitriles is 1. The number of aromatic nitrogens is 2. The van der Waals surface area contributed by atoms with Gasteiger partial charge in [0.2, 0.25) is 5.95 Å². The quantitative estimate of drug-likeness (QED) is 0.668. The number of hydrogen-bond acceptors (Lipinski definition) is 6. The van der Waals surface area contributed by atoms with Crippen LogP contribution in [0.1, 0.15) is 5.56 Å². The van der Waals surface area contributed by atoms with Crippen molar-refractivity contribution in [3.8, 4) is 6.07 Å². The Morgan fingerprint density at radius 1 is 1.23 bits per heavy atom. The van der Waals surface area contributed by atoms with Gasteiger partial charge >= 0.3 is 0 Å². The number of anilines is 2. The van der Waals surface area contributed by atoms with E-state index >= 15 is 0 Å². The number of nitrogens with zero attached hydrogens (tertiary/aromatic N) is 4. The van der Waals surface area contributed by atoms with Gasteiger partial charge in [0.25, 0.3) is 5.91 Å². The number of hydrogen-bond donors (Lipinski definition) is 1. The first kappa shape index (κ1) is 17.5. The van der Waals surface area contributed by atoms with Gasteiger partial charge in [-0.2, -0.15) is 5.26 Å². The molecule has 0 radical (unpaired) electrons. The fourth-order valence-corrected chi connectivity index (χ4v) is 2.38. The summed E-state index contributed by atoms with van der Waals surface area (Å²) in [5.41, 5.74) is 0.835. The molecule has 1 amide bonds. The van der Waals surface area contributed by atoms with Crippen molar-refractivity contribution in [1.82, 2.24) is 9.97 Å². The summed E-state index contributed by atoms with van der Waals surface area (Å²) in [6.07, 6.45) is 4.52. The summed E-state index contributed by atoms with van der Waals surface area (Å²) in [5, 5.41) is 11.8. The zero-order valence-electron chi connectivity index (χ0n) is 13.9. The molecule has 0 spiro atoms. The molecule has 0 atom stereocenters. The van der Waals surface area contributed by atoms with Gasteiger partial charge in [0.15, 0.2) is 0 Å². The molecule has 2 heterocycles. The number of benzene rings is 1. The second kappa shape index (κ2) is 8.18. The van der Waals surface area contributed by atoms with Gasteiger partial charge in [0.05, 0.1) is 13.2 Å². The number of rotatable bonds is 4. The molecule has 1 aliphatic rings. The summed E-state index contributed by atoms with van der Waals surface area (Å²) in [4.78, 5) is 22.7. The molecule has 132 valence electrons. The van der Waals surface area contributed by atoms with Crippen LogP contribution in [-0.4, -0.2) is 42.2 Å². The Morgan fingerprint density at radius 2 is 1.88 bits per heavy atom. The summed E-state index contributed by atoms with van der Waals surface area (Å²) in [6, 6.07) is 7.14. The van der Waals surface area contributed by atoms with Gasteiger partial charge < -0.3 is 15.0 Å². The molecule has 2 aromatic rings. The fraction of sp³-hybridized carbons (Fsp3) is 0.222. The molecule has 0 bridgehead atoms. The summed E-state index contributed by atoms with van der Waals surface area (Å²) in [5.74, 6) is -0.410. The van der Waals surface area contributed by atoms with Crippen LogP contribution < -0.4 is 10.2 Å². The van der Waals surface area contributed by atoms with Crippen LogP contribution in [0.25, 0.3) is 6.08 Å². The predicted molar refractivity (Wildman–Crippen MR) is 93.7 cm³/mol. The van der Waals surface area contributed by atoms with Crippen LogP contribution in [-0.2, 0) is 9.53 Å². The minimum Gasteiger partial charge on any atom is -0.378 e. The van der Waals surface area contributed by atoms with E-state index in [9.17, 15) is 14.4 Å². The lowest BCUT2D eigenvalue weighted by atomic mass is 10.2. The van der Waals surface area contributed by atoms with E-state index in [1.165, 1.54) is 30.3 Å². The Kier molecular flexibility index (Phi) is 5.51. The molecular formula is C18H16FN5O2. The van der Waals surface area contributed by atoms with E-state index in [0.717, 1.165) is 13.1 Å². The highest BCUT2D eigenvalue weighted by Gasteiger charge is 2.14. The average molecular weight is 353 g/mol. The lowest BCUT2D eigenvalue weighted by Crippen LogP contribution is -2.37. The molecule has 3 rings (SSSR count). The van der Waals surface area contributed by atoms with Gasteiger partial charge in [0.1, 0.15) is 17.5 Å². The molecule has 0 aliphatic carbocycles. The van der Waals surface area contributed by atoms with Gasteiger partial charge in [-0.15, -0.1) is 0 Å². The molecule has 1 saturated heterocycles. The van der Waals surface area contributed by atoms with Crippen LogP contribution in [0.5, 0.6) is 0 Å². The van der Waals surface area contributed by atoms with Crippen molar-refractivity contribution in [3.05, 3.63) is 53.6 Å². The Hall–Kier alpha value is -3.31. The molecule has 26 heavy (non-hydrogen) atoms. The standard InChI is InChI=1S/C18H16FN5O2/c19-15-1-3-16(4-2-15)23-17(25)14(10-20)9-13-11-21-18(22-12-13)24-5-7-26-8-6-24/h1-4,9,11-12H,5-8H2,(H,23,25)/b14-9+. The smallest absolute Gasteiger partial charge is 0.266 e. The third-order valence-electron chi connectivity index (χ3n) is 3.73. The van der Waals surface area contributed by atoms with E-state index in [1.54, 1.807) is 12.4 Å². The maximum Gasteiger partial charge on any atom is 0.266 e. The fourth-order valence-electron chi connectivity index (χ4n) is 2.38. The van der Waals surface area contributed by atoms with Crippen LogP contribution in [0.4, 0.5) is 16.0 Å². The van der Waals surface area contributed by atoms with Gasteiger partial charge in [-0.25, -0.2) is 14.4 Å². The maximum atomic E-state index is 12.9. The van der Waals surface area contributed by atoms with Crippen LogP contribution in [0.3, 0.4) is 0 Å². The monoisotopic (exact) mass is 353 g/mol. The van der Waals surface area contributed by atoms with Crippen LogP contribution in [0.15, 0.2) is 42.2 Å². The van der Waals surface area contributed by atoms with Crippen LogP contribution in [0.2, 0.25) is 0 Å². The Morgan fingerprint density at radius 3 is 2.50 bits per heavy atom. The third kappa shape index (κ3) is 4.40. The zero-order chi connectivity index (χ0) is 18.4. The number of nitrogens with one attached hydrogen (secondary N) is 1. The molecule has 1 fully saturated rings. The van der Waals surface area contributed by atoms with Crippen LogP contribution in [0, 0.1) is 17.1 Å². The summed E-state index contributed by atoms with van der Waals surface area (Å²) in [7, 11) is 0. The lowest BCUT2D eigenvalue weighted by Gasteiger charge is -2.26. The highest BCUT2D eigenvalue weighted by molar-refractivity contribution is 6.09. The number of ether oxygens (including phenoxy) is 1. The minimum absolute atomic E-state index is 0.1000. The Balaban J connectivity index is 1.70. The van der Waals surface area contributed by atoms with E-state index in [-0.39, 0.29) is 5.57 Å². The third-order valence-corrected chi connectivity index (χ3v) is 3.73. The van der Waals surface area contributed by atoms with Crippen molar-refractivity contribution in [2.45, 2.75) is 0 Å². The molecule has 0 saturated carbocycles. The topological polar surface area (TPSA) is 91.1 Å². The Bertz CT molecular complexity index is 837. The van der Waals surface area contributed by atoms with E-state index in [2.05, 4.69) is 15.3 Å². The van der Waals surface area contributed by atoms with Crippen molar-refractivity contribution in [2.75, 3.05) is 36.5 Å². The van der Waals surface area contributed by atoms with E-state index in [0.29, 0.717) is 30.4 Å². The number of amides is 1. The molecule has 8 heteroatoms. The van der Waals surface area contributed by atoms with Gasteiger partial charge in [-0.1, -0.05) is 0 Å². The number of carbonyl (C=O) groups excluding carboxylic acids is 1. The van der Waals surface area contributed by atoms with Crippen molar-refractivity contribution >= 4 is 23.6 Å². The lowest BCUT2D eigenvalue weighted by molar-refractivity contribution is -0.112. The molecule has 1 aromatic carbocycles. The van der Waals surface area contributed by atoms with Gasteiger partial charge in [0, 0.05) is 36.7 Å². The second-order valence-electron chi connectivity index (χ2n) is 5.55. The Labute approximate surface area is 149 Å². The van der Waals surface area contributed by atoms with Crippen LogP contribution >= 0.6 is 0 Å². The van der Waals surface area contributed by atoms with E-state index in [4.69, 9.17) is 4.74 Å². The van der Waals surface area contributed by atoms with Gasteiger partial charge in [-0.3, -0.25) is 4.79 Å².